The van der Waals surface area contributed by atoms with Gasteiger partial charge in [0, 0.05) is 0 Å². The third-order valence-corrected chi connectivity index (χ3v) is 6.03. The highest BCUT2D eigenvalue weighted by atomic mass is 31.3. The summed E-state index contributed by atoms with van der Waals surface area (Å²) in [6, 6.07) is 8.86. The van der Waals surface area contributed by atoms with E-state index in [1.807, 2.05) is 6.92 Å². The van der Waals surface area contributed by atoms with Gasteiger partial charge in [-0.3, -0.25) is 4.89 Å². The van der Waals surface area contributed by atoms with Gasteiger partial charge in [0.1, 0.15) is 11.5 Å². The summed E-state index contributed by atoms with van der Waals surface area (Å²) >= 11 is 0. The molecule has 0 aliphatic heterocycles. The van der Waals surface area contributed by atoms with Crippen LogP contribution in [0.1, 0.15) is 16.7 Å². The molecule has 0 bridgehead atoms. The monoisotopic (exact) mass is 402 g/mol. The van der Waals surface area contributed by atoms with Crippen LogP contribution in [0.4, 0.5) is 0 Å². The predicted molar refractivity (Wildman–Crippen MR) is 96.2 cm³/mol. The largest absolute Gasteiger partial charge is 0.536 e. The Balaban J connectivity index is 2.74. The Morgan fingerprint density at radius 2 is 1.38 bits per heavy atom. The maximum Gasteiger partial charge on any atom is 0.536 e. The van der Waals surface area contributed by atoms with Crippen LogP contribution in [0.25, 0.3) is 11.1 Å². The minimum atomic E-state index is -5.24. The van der Waals surface area contributed by atoms with Gasteiger partial charge in [0.15, 0.2) is 0 Å². The van der Waals surface area contributed by atoms with E-state index in [9.17, 15) is 14.0 Å². The van der Waals surface area contributed by atoms with Crippen molar-refractivity contribution in [1.82, 2.24) is 0 Å². The fraction of sp³-hybridized carbons (Fsp3) is 0.250. The first-order valence-corrected chi connectivity index (χ1v) is 10.5. The van der Waals surface area contributed by atoms with Crippen LogP contribution in [0, 0.1) is 20.8 Å². The summed E-state index contributed by atoms with van der Waals surface area (Å²) in [4.78, 5) is 27.5. The fourth-order valence-corrected chi connectivity index (χ4v) is 4.27. The number of methoxy groups -OCH3 is 1. The highest BCUT2D eigenvalue weighted by Gasteiger charge is 2.36. The minimum Gasteiger partial charge on any atom is -0.496 e. The summed E-state index contributed by atoms with van der Waals surface area (Å²) in [5.74, 6) is 0.376. The number of rotatable bonds is 6. The highest BCUT2D eigenvalue weighted by molar-refractivity contribution is 7.60. The molecule has 2 aromatic carbocycles. The summed E-state index contributed by atoms with van der Waals surface area (Å²) < 4.78 is 37.6. The minimum absolute atomic E-state index is 0.0459. The summed E-state index contributed by atoms with van der Waals surface area (Å²) in [6.45, 7) is 5.28. The van der Waals surface area contributed by atoms with E-state index in [-0.39, 0.29) is 5.75 Å². The molecular weight excluding hydrogens is 382 g/mol. The standard InChI is InChI=1S/C16H20O8P2/c1-10-11(2)15(22-4)14(13-8-6-5-7-9-13)16(12(10)3)23-26(20,21)24-25(17,18)19/h5-9H,1-4H3,(H,20,21)(H2,17,18,19). The molecule has 1 unspecified atom stereocenters. The number of phosphoric ester groups is 1. The van der Waals surface area contributed by atoms with Gasteiger partial charge in [-0.15, -0.1) is 0 Å². The molecule has 0 amide bonds. The van der Waals surface area contributed by atoms with Crippen LogP contribution >= 0.6 is 15.6 Å². The van der Waals surface area contributed by atoms with Gasteiger partial charge in [0.25, 0.3) is 0 Å². The predicted octanol–water partition coefficient (Wildman–Crippen LogP) is 3.88. The summed E-state index contributed by atoms with van der Waals surface area (Å²) in [5, 5.41) is 0. The van der Waals surface area contributed by atoms with E-state index in [1.165, 1.54) is 7.11 Å². The average Bonchev–Trinajstić information content (AvgIpc) is 2.53. The highest BCUT2D eigenvalue weighted by Crippen LogP contribution is 2.59. The van der Waals surface area contributed by atoms with Crippen molar-refractivity contribution in [2.45, 2.75) is 20.8 Å². The molecule has 2 aromatic rings. The van der Waals surface area contributed by atoms with Crippen LogP contribution in [0.2, 0.25) is 0 Å². The van der Waals surface area contributed by atoms with Crippen LogP contribution in [0.3, 0.4) is 0 Å². The lowest BCUT2D eigenvalue weighted by molar-refractivity contribution is 0.229. The molecule has 0 aliphatic rings. The van der Waals surface area contributed by atoms with E-state index in [2.05, 4.69) is 4.31 Å². The Labute approximate surface area is 151 Å². The molecule has 0 aromatic heterocycles. The lowest BCUT2D eigenvalue weighted by Crippen LogP contribution is -2.04. The van der Waals surface area contributed by atoms with Crippen molar-refractivity contribution in [3.05, 3.63) is 47.0 Å². The number of hydrogen-bond acceptors (Lipinski definition) is 5. The second-order valence-corrected chi connectivity index (χ2v) is 8.36. The maximum absolute atomic E-state index is 12.1. The van der Waals surface area contributed by atoms with Crippen LogP contribution in [-0.4, -0.2) is 21.8 Å². The molecule has 2 rings (SSSR count). The van der Waals surface area contributed by atoms with Crippen molar-refractivity contribution in [3.8, 4) is 22.6 Å². The van der Waals surface area contributed by atoms with E-state index >= 15 is 0 Å². The van der Waals surface area contributed by atoms with Crippen LogP contribution in [0.15, 0.2) is 30.3 Å². The van der Waals surface area contributed by atoms with E-state index in [1.54, 1.807) is 44.2 Å². The molecule has 0 fully saturated rings. The zero-order valence-electron chi connectivity index (χ0n) is 14.7. The van der Waals surface area contributed by atoms with E-state index in [0.717, 1.165) is 11.1 Å². The Kier molecular flexibility index (Phi) is 5.98. The first-order valence-electron chi connectivity index (χ1n) is 7.49. The molecule has 0 saturated heterocycles. The van der Waals surface area contributed by atoms with Crippen molar-refractivity contribution in [1.29, 1.82) is 0 Å². The number of phosphoric acid groups is 2. The Bertz CT molecular complexity index is 904. The molecular formula is C16H20O8P2. The molecule has 10 heteroatoms. The number of hydrogen-bond donors (Lipinski definition) is 3. The average molecular weight is 402 g/mol. The summed E-state index contributed by atoms with van der Waals surface area (Å²) in [7, 11) is -8.87. The molecule has 8 nitrogen and oxygen atoms in total. The van der Waals surface area contributed by atoms with Crippen LogP contribution in [-0.2, 0) is 13.4 Å². The quantitative estimate of drug-likeness (QED) is 0.623. The van der Waals surface area contributed by atoms with Crippen molar-refractivity contribution >= 4 is 15.6 Å². The van der Waals surface area contributed by atoms with Crippen molar-refractivity contribution in [2.75, 3.05) is 7.11 Å². The Morgan fingerprint density at radius 1 is 0.846 bits per heavy atom. The second-order valence-electron chi connectivity index (χ2n) is 5.61. The Hall–Kier alpha value is -1.66. The van der Waals surface area contributed by atoms with Gasteiger partial charge in [0.2, 0.25) is 0 Å². The number of benzene rings is 2. The van der Waals surface area contributed by atoms with Gasteiger partial charge in [-0.1, -0.05) is 30.3 Å². The van der Waals surface area contributed by atoms with E-state index < -0.39 is 15.6 Å². The number of ether oxygens (including phenoxy) is 1. The van der Waals surface area contributed by atoms with Gasteiger partial charge < -0.3 is 19.0 Å². The van der Waals surface area contributed by atoms with E-state index in [4.69, 9.17) is 19.0 Å². The Morgan fingerprint density at radius 3 is 1.88 bits per heavy atom. The fourth-order valence-electron chi connectivity index (χ4n) is 2.60. The van der Waals surface area contributed by atoms with Crippen LogP contribution < -0.4 is 9.26 Å². The molecule has 0 heterocycles. The van der Waals surface area contributed by atoms with Crippen molar-refractivity contribution in [3.63, 3.8) is 0 Å². The molecule has 1 atom stereocenters. The second kappa shape index (κ2) is 7.53. The smallest absolute Gasteiger partial charge is 0.496 e. The van der Waals surface area contributed by atoms with Gasteiger partial charge in [-0.05, 0) is 43.0 Å². The third-order valence-electron chi connectivity index (χ3n) is 3.94. The van der Waals surface area contributed by atoms with Crippen molar-refractivity contribution in [2.24, 2.45) is 0 Å². The first kappa shape index (κ1) is 20.6. The maximum atomic E-state index is 12.1. The van der Waals surface area contributed by atoms with Gasteiger partial charge in [0.05, 0.1) is 12.7 Å². The van der Waals surface area contributed by atoms with Gasteiger partial charge in [-0.2, -0.15) is 4.31 Å². The van der Waals surface area contributed by atoms with Gasteiger partial charge >= 0.3 is 15.6 Å². The molecule has 142 valence electrons. The third kappa shape index (κ3) is 4.54. The molecule has 0 spiro atoms. The van der Waals surface area contributed by atoms with Crippen LogP contribution in [0.5, 0.6) is 11.5 Å². The summed E-state index contributed by atoms with van der Waals surface area (Å²) in [6.07, 6.45) is 0. The molecule has 3 N–H and O–H groups in total. The topological polar surface area (TPSA) is 123 Å². The zero-order valence-corrected chi connectivity index (χ0v) is 16.5. The zero-order chi connectivity index (χ0) is 19.7. The molecule has 0 aliphatic carbocycles. The summed E-state index contributed by atoms with van der Waals surface area (Å²) in [5.41, 5.74) is 3.09. The first-order chi connectivity index (χ1) is 12.0. The normalized spacial score (nSPS) is 14.0. The molecule has 0 saturated carbocycles. The lowest BCUT2D eigenvalue weighted by atomic mass is 9.93. The SMILES string of the molecule is COc1c(C)c(C)c(C)c(OP(=O)(O)OP(=O)(O)O)c1-c1ccccc1. The van der Waals surface area contributed by atoms with E-state index in [0.29, 0.717) is 22.4 Å². The molecule has 0 radical (unpaired) electrons. The molecule has 26 heavy (non-hydrogen) atoms. The van der Waals surface area contributed by atoms with Gasteiger partial charge in [-0.25, -0.2) is 9.13 Å². The van der Waals surface area contributed by atoms with Crippen molar-refractivity contribution < 1.29 is 37.4 Å². The lowest BCUT2D eigenvalue weighted by Gasteiger charge is -2.23.